The first kappa shape index (κ1) is 23.6. The summed E-state index contributed by atoms with van der Waals surface area (Å²) >= 11 is 1.74. The molecule has 172 valence electrons. The molecule has 5 N–H and O–H groups in total. The molecule has 31 heavy (non-hydrogen) atoms. The van der Waals surface area contributed by atoms with Crippen LogP contribution in [0.4, 0.5) is 0 Å². The van der Waals surface area contributed by atoms with Gasteiger partial charge in [-0.3, -0.25) is 9.59 Å². The quantitative estimate of drug-likeness (QED) is 0.377. The number of carbonyl (C=O) groups excluding carboxylic acids is 1. The van der Waals surface area contributed by atoms with Crippen LogP contribution >= 0.6 is 11.3 Å². The highest BCUT2D eigenvalue weighted by atomic mass is 32.1. The Morgan fingerprint density at radius 1 is 1.16 bits per heavy atom. The van der Waals surface area contributed by atoms with Crippen LogP contribution in [0.5, 0.6) is 0 Å². The lowest BCUT2D eigenvalue weighted by atomic mass is 10.1. The molecule has 0 aromatic carbocycles. The van der Waals surface area contributed by atoms with Crippen molar-refractivity contribution >= 4 is 29.2 Å². The topological polar surface area (TPSA) is 145 Å². The van der Waals surface area contributed by atoms with Gasteiger partial charge >= 0.3 is 11.9 Å². The molecule has 9 nitrogen and oxygen atoms in total. The van der Waals surface area contributed by atoms with Crippen molar-refractivity contribution < 1.29 is 34.4 Å². The van der Waals surface area contributed by atoms with Crippen molar-refractivity contribution in [2.75, 3.05) is 19.8 Å². The summed E-state index contributed by atoms with van der Waals surface area (Å²) in [7, 11) is 0. The lowest BCUT2D eigenvalue weighted by Gasteiger charge is -2.22. The Hall–Kier alpha value is -2.01. The highest BCUT2D eigenvalue weighted by Gasteiger charge is 2.40. The van der Waals surface area contributed by atoms with Crippen LogP contribution in [0.2, 0.25) is 0 Å². The number of ether oxygens (including phenoxy) is 1. The molecular weight excluding hydrogens is 424 g/mol. The Labute approximate surface area is 184 Å². The highest BCUT2D eigenvalue weighted by Crippen LogP contribution is 2.44. The third-order valence-electron chi connectivity index (χ3n) is 5.61. The Kier molecular flexibility index (Phi) is 8.42. The van der Waals surface area contributed by atoms with Crippen molar-refractivity contribution in [3.8, 4) is 0 Å². The van der Waals surface area contributed by atoms with Gasteiger partial charge in [0.1, 0.15) is 0 Å². The predicted octanol–water partition coefficient (Wildman–Crippen LogP) is 1.42. The lowest BCUT2D eigenvalue weighted by molar-refractivity contribution is -0.152. The number of thiophene rings is 1. The summed E-state index contributed by atoms with van der Waals surface area (Å²) in [5.74, 6) is -1.20. The van der Waals surface area contributed by atoms with E-state index in [0.717, 1.165) is 37.5 Å². The third kappa shape index (κ3) is 7.88. The molecule has 4 rings (SSSR count). The average molecular weight is 455 g/mol. The van der Waals surface area contributed by atoms with Gasteiger partial charge in [0, 0.05) is 41.5 Å². The van der Waals surface area contributed by atoms with Crippen LogP contribution in [0.25, 0.3) is 0 Å². The Morgan fingerprint density at radius 2 is 1.87 bits per heavy atom. The minimum Gasteiger partial charge on any atom is -0.481 e. The molecule has 1 aromatic rings. The van der Waals surface area contributed by atoms with Gasteiger partial charge in [-0.05, 0) is 50.6 Å². The second kappa shape index (κ2) is 11.0. The average Bonchev–Trinajstić information content (AvgIpc) is 3.65. The van der Waals surface area contributed by atoms with Gasteiger partial charge in [0.05, 0.1) is 12.0 Å². The van der Waals surface area contributed by atoms with E-state index in [9.17, 15) is 14.4 Å². The molecule has 3 aliphatic rings. The number of carboxylic acid groups (broad SMARTS) is 2. The zero-order valence-corrected chi connectivity index (χ0v) is 18.1. The van der Waals surface area contributed by atoms with Crippen molar-refractivity contribution in [2.45, 2.75) is 62.6 Å². The van der Waals surface area contributed by atoms with E-state index in [1.165, 1.54) is 30.7 Å². The predicted molar refractivity (Wildman–Crippen MR) is 113 cm³/mol. The third-order valence-corrected chi connectivity index (χ3v) is 6.68. The van der Waals surface area contributed by atoms with E-state index in [2.05, 4.69) is 16.7 Å². The van der Waals surface area contributed by atoms with Gasteiger partial charge in [0.2, 0.25) is 0 Å². The van der Waals surface area contributed by atoms with Crippen LogP contribution in [0.1, 0.15) is 59.7 Å². The number of aliphatic hydroxyl groups excluding tert-OH is 1. The fourth-order valence-corrected chi connectivity index (χ4v) is 4.47. The van der Waals surface area contributed by atoms with Crippen molar-refractivity contribution in [3.63, 3.8) is 0 Å². The zero-order chi connectivity index (χ0) is 22.4. The number of aliphatic carboxylic acids is 2. The molecule has 3 atom stereocenters. The van der Waals surface area contributed by atoms with E-state index < -0.39 is 24.5 Å². The molecular formula is C21H30N2O7S. The zero-order valence-electron chi connectivity index (χ0n) is 17.3. The van der Waals surface area contributed by atoms with Gasteiger partial charge in [-0.15, -0.1) is 11.3 Å². The Bertz CT molecular complexity index is 774. The minimum absolute atomic E-state index is 0.0811. The molecule has 0 spiro atoms. The molecule has 1 saturated heterocycles. The summed E-state index contributed by atoms with van der Waals surface area (Å²) in [6.07, 6.45) is 3.35. The van der Waals surface area contributed by atoms with Crippen molar-refractivity contribution in [2.24, 2.45) is 5.92 Å². The molecule has 3 fully saturated rings. The lowest BCUT2D eigenvalue weighted by Crippen LogP contribution is -2.38. The summed E-state index contributed by atoms with van der Waals surface area (Å²) in [4.78, 5) is 33.1. The van der Waals surface area contributed by atoms with Crippen molar-refractivity contribution in [1.29, 1.82) is 0 Å². The number of amides is 1. The molecule has 0 bridgehead atoms. The second-order valence-electron chi connectivity index (χ2n) is 8.35. The number of carbonyl (C=O) groups is 3. The molecule has 1 aliphatic heterocycles. The summed E-state index contributed by atoms with van der Waals surface area (Å²) in [5, 5.41) is 33.0. The standard InChI is InChI=1S/C17H24N2O2S.C4H6O5/c20-17(19-13-3-5-21-6-4-13)12-7-16(22-10-12)14-8-15(14)18-9-11-1-2-11;5-2(4(8)9)1-3(6)7/h7,10-11,13-15,18H,1-6,8-9H2,(H,19,20);2,5H,1H2,(H,6,7)(H,8,9)/t14-,15-;/m1./s1. The molecule has 2 aliphatic carbocycles. The van der Waals surface area contributed by atoms with E-state index >= 15 is 0 Å². The van der Waals surface area contributed by atoms with E-state index in [1.54, 1.807) is 11.3 Å². The highest BCUT2D eigenvalue weighted by molar-refractivity contribution is 7.10. The Balaban J connectivity index is 0.000000259. The fraction of sp³-hybridized carbons (Fsp3) is 0.667. The van der Waals surface area contributed by atoms with Gasteiger partial charge in [-0.2, -0.15) is 0 Å². The molecule has 1 amide bonds. The summed E-state index contributed by atoms with van der Waals surface area (Å²) in [6, 6.07) is 3.02. The normalized spacial score (nSPS) is 23.9. The van der Waals surface area contributed by atoms with E-state index in [1.807, 2.05) is 5.38 Å². The molecule has 0 radical (unpaired) electrons. The number of carboxylic acids is 2. The smallest absolute Gasteiger partial charge is 0.333 e. The maximum atomic E-state index is 12.3. The first-order valence-electron chi connectivity index (χ1n) is 10.7. The van der Waals surface area contributed by atoms with Crippen LogP contribution in [-0.2, 0) is 14.3 Å². The maximum absolute atomic E-state index is 12.3. The Morgan fingerprint density at radius 3 is 2.45 bits per heavy atom. The van der Waals surface area contributed by atoms with E-state index in [4.69, 9.17) is 20.1 Å². The molecule has 1 aromatic heterocycles. The molecule has 10 heteroatoms. The fourth-order valence-electron chi connectivity index (χ4n) is 3.40. The van der Waals surface area contributed by atoms with Gasteiger partial charge in [0.15, 0.2) is 6.10 Å². The molecule has 2 heterocycles. The van der Waals surface area contributed by atoms with E-state index in [-0.39, 0.29) is 11.9 Å². The SMILES string of the molecule is O=C(NC1CCOCC1)c1csc([C@@H]2C[C@H]2NCC2CC2)c1.O=C(O)CC(O)C(=O)O. The maximum Gasteiger partial charge on any atom is 0.333 e. The van der Waals surface area contributed by atoms with Gasteiger partial charge in [-0.25, -0.2) is 4.79 Å². The molecule has 2 saturated carbocycles. The van der Waals surface area contributed by atoms with Crippen LogP contribution < -0.4 is 10.6 Å². The first-order valence-corrected chi connectivity index (χ1v) is 11.5. The van der Waals surface area contributed by atoms with Gasteiger partial charge < -0.3 is 30.7 Å². The number of rotatable bonds is 9. The van der Waals surface area contributed by atoms with Crippen molar-refractivity contribution in [3.05, 3.63) is 21.9 Å². The van der Waals surface area contributed by atoms with Crippen LogP contribution in [0, 0.1) is 5.92 Å². The monoisotopic (exact) mass is 454 g/mol. The largest absolute Gasteiger partial charge is 0.481 e. The summed E-state index contributed by atoms with van der Waals surface area (Å²) < 4.78 is 5.33. The van der Waals surface area contributed by atoms with Crippen LogP contribution in [-0.4, -0.2) is 71.1 Å². The van der Waals surface area contributed by atoms with Crippen LogP contribution in [0.3, 0.4) is 0 Å². The number of aliphatic hydroxyl groups is 1. The summed E-state index contributed by atoms with van der Waals surface area (Å²) in [6.45, 7) is 2.70. The van der Waals surface area contributed by atoms with Gasteiger partial charge in [-0.1, -0.05) is 0 Å². The summed E-state index contributed by atoms with van der Waals surface area (Å²) in [5.41, 5.74) is 0.833. The van der Waals surface area contributed by atoms with Gasteiger partial charge in [0.25, 0.3) is 5.91 Å². The number of hydrogen-bond donors (Lipinski definition) is 5. The van der Waals surface area contributed by atoms with E-state index in [0.29, 0.717) is 12.0 Å². The number of nitrogens with one attached hydrogen (secondary N) is 2. The van der Waals surface area contributed by atoms with Crippen molar-refractivity contribution in [1.82, 2.24) is 10.6 Å². The van der Waals surface area contributed by atoms with Crippen LogP contribution in [0.15, 0.2) is 11.4 Å². The minimum atomic E-state index is -1.79. The number of hydrogen-bond acceptors (Lipinski definition) is 7. The second-order valence-corrected chi connectivity index (χ2v) is 9.29. The molecule has 1 unspecified atom stereocenters. The first-order chi connectivity index (χ1) is 14.8.